The summed E-state index contributed by atoms with van der Waals surface area (Å²) in [5.41, 5.74) is 1.34. The van der Waals surface area contributed by atoms with Crippen LogP contribution in [0.1, 0.15) is 25.5 Å². The van der Waals surface area contributed by atoms with Gasteiger partial charge in [-0.05, 0) is 26.1 Å². The summed E-state index contributed by atoms with van der Waals surface area (Å²) in [7, 11) is 2.02. The summed E-state index contributed by atoms with van der Waals surface area (Å²) in [6, 6.07) is 11.0. The molecule has 0 spiro atoms. The predicted octanol–water partition coefficient (Wildman–Crippen LogP) is 2.31. The molecule has 1 aromatic carbocycles. The van der Waals surface area contributed by atoms with E-state index in [1.165, 1.54) is 5.56 Å². The van der Waals surface area contributed by atoms with E-state index in [4.69, 9.17) is 4.74 Å². The normalized spacial score (nSPS) is 12.9. The minimum atomic E-state index is 0.382. The number of hydrogen-bond acceptors (Lipinski definition) is 3. The molecule has 0 fully saturated rings. The van der Waals surface area contributed by atoms with Crippen molar-refractivity contribution in [2.75, 3.05) is 39.9 Å². The molecule has 0 amide bonds. The largest absolute Gasteiger partial charge is 0.380 e. The Morgan fingerprint density at radius 3 is 2.50 bits per heavy atom. The molecule has 0 saturated carbocycles. The van der Waals surface area contributed by atoms with E-state index in [-0.39, 0.29) is 0 Å². The molecule has 18 heavy (non-hydrogen) atoms. The SMILES string of the molecule is CCOCCN(CC)CC(NC)c1ccccc1. The lowest BCUT2D eigenvalue weighted by molar-refractivity contribution is 0.111. The monoisotopic (exact) mass is 250 g/mol. The summed E-state index contributed by atoms with van der Waals surface area (Å²) < 4.78 is 5.42. The number of benzene rings is 1. The summed E-state index contributed by atoms with van der Waals surface area (Å²) in [5.74, 6) is 0. The molecule has 102 valence electrons. The van der Waals surface area contributed by atoms with E-state index in [2.05, 4.69) is 47.5 Å². The van der Waals surface area contributed by atoms with E-state index in [0.717, 1.165) is 32.8 Å². The summed E-state index contributed by atoms with van der Waals surface area (Å²) in [6.07, 6.45) is 0. The molecule has 0 aliphatic rings. The molecule has 1 aromatic rings. The molecule has 1 unspecified atom stereocenters. The Morgan fingerprint density at radius 2 is 1.94 bits per heavy atom. The maximum atomic E-state index is 5.42. The second kappa shape index (κ2) is 9.09. The van der Waals surface area contributed by atoms with Gasteiger partial charge < -0.3 is 10.1 Å². The molecular weight excluding hydrogens is 224 g/mol. The van der Waals surface area contributed by atoms with E-state index in [1.54, 1.807) is 0 Å². The van der Waals surface area contributed by atoms with Gasteiger partial charge in [0.15, 0.2) is 0 Å². The van der Waals surface area contributed by atoms with Crippen LogP contribution in [-0.4, -0.2) is 44.8 Å². The first-order valence-electron chi connectivity index (χ1n) is 6.84. The zero-order chi connectivity index (χ0) is 13.2. The number of nitrogens with one attached hydrogen (secondary N) is 1. The van der Waals surface area contributed by atoms with Crippen LogP contribution in [0.3, 0.4) is 0 Å². The topological polar surface area (TPSA) is 24.5 Å². The highest BCUT2D eigenvalue weighted by Crippen LogP contribution is 2.13. The molecule has 3 heteroatoms. The van der Waals surface area contributed by atoms with Crippen molar-refractivity contribution in [2.24, 2.45) is 0 Å². The fourth-order valence-electron chi connectivity index (χ4n) is 2.02. The number of nitrogens with zero attached hydrogens (tertiary/aromatic N) is 1. The van der Waals surface area contributed by atoms with Gasteiger partial charge in [-0.1, -0.05) is 37.3 Å². The van der Waals surface area contributed by atoms with Crippen LogP contribution in [0.5, 0.6) is 0 Å². The van der Waals surface area contributed by atoms with E-state index >= 15 is 0 Å². The zero-order valence-electron chi connectivity index (χ0n) is 11.9. The molecule has 3 nitrogen and oxygen atoms in total. The molecule has 0 radical (unpaired) electrons. The summed E-state index contributed by atoms with van der Waals surface area (Å²) in [4.78, 5) is 2.42. The molecule has 0 aromatic heterocycles. The zero-order valence-corrected chi connectivity index (χ0v) is 11.9. The van der Waals surface area contributed by atoms with Gasteiger partial charge in [0.05, 0.1) is 6.61 Å². The average Bonchev–Trinajstić information content (AvgIpc) is 2.43. The number of ether oxygens (including phenoxy) is 1. The van der Waals surface area contributed by atoms with E-state index in [0.29, 0.717) is 6.04 Å². The van der Waals surface area contributed by atoms with Crippen molar-refractivity contribution < 1.29 is 4.74 Å². The van der Waals surface area contributed by atoms with Crippen LogP contribution in [0.4, 0.5) is 0 Å². The van der Waals surface area contributed by atoms with Crippen LogP contribution in [0.15, 0.2) is 30.3 Å². The Hall–Kier alpha value is -0.900. The molecule has 0 heterocycles. The van der Waals surface area contributed by atoms with Gasteiger partial charge in [-0.15, -0.1) is 0 Å². The number of likely N-dealkylation sites (N-methyl/N-ethyl adjacent to an activating group) is 2. The van der Waals surface area contributed by atoms with Crippen LogP contribution < -0.4 is 5.32 Å². The minimum absolute atomic E-state index is 0.382. The van der Waals surface area contributed by atoms with Gasteiger partial charge >= 0.3 is 0 Å². The Labute approximate surface area is 111 Å². The van der Waals surface area contributed by atoms with Gasteiger partial charge in [0.1, 0.15) is 0 Å². The second-order valence-corrected chi connectivity index (χ2v) is 4.34. The van der Waals surface area contributed by atoms with Crippen LogP contribution in [0.2, 0.25) is 0 Å². The minimum Gasteiger partial charge on any atom is -0.380 e. The maximum Gasteiger partial charge on any atom is 0.0593 e. The Bertz CT molecular complexity index is 303. The first-order chi connectivity index (χ1) is 8.81. The highest BCUT2D eigenvalue weighted by Gasteiger charge is 2.12. The van der Waals surface area contributed by atoms with E-state index in [1.807, 2.05) is 14.0 Å². The van der Waals surface area contributed by atoms with Gasteiger partial charge in [-0.3, -0.25) is 4.90 Å². The maximum absolute atomic E-state index is 5.42. The fourth-order valence-corrected chi connectivity index (χ4v) is 2.02. The summed E-state index contributed by atoms with van der Waals surface area (Å²) >= 11 is 0. The molecule has 0 aliphatic carbocycles. The van der Waals surface area contributed by atoms with Crippen molar-refractivity contribution in [1.29, 1.82) is 0 Å². The Balaban J connectivity index is 2.50. The lowest BCUT2D eigenvalue weighted by atomic mass is 10.1. The van der Waals surface area contributed by atoms with Gasteiger partial charge in [-0.2, -0.15) is 0 Å². The summed E-state index contributed by atoms with van der Waals surface area (Å²) in [6.45, 7) is 8.92. The molecule has 1 N–H and O–H groups in total. The third kappa shape index (κ3) is 5.17. The predicted molar refractivity (Wildman–Crippen MR) is 76.8 cm³/mol. The molecule has 1 atom stereocenters. The fraction of sp³-hybridized carbons (Fsp3) is 0.600. The van der Waals surface area contributed by atoms with Crippen molar-refractivity contribution in [1.82, 2.24) is 10.2 Å². The van der Waals surface area contributed by atoms with E-state index in [9.17, 15) is 0 Å². The third-order valence-electron chi connectivity index (χ3n) is 3.19. The number of hydrogen-bond donors (Lipinski definition) is 1. The van der Waals surface area contributed by atoms with Crippen molar-refractivity contribution in [3.05, 3.63) is 35.9 Å². The smallest absolute Gasteiger partial charge is 0.0593 e. The van der Waals surface area contributed by atoms with Crippen LogP contribution in [0.25, 0.3) is 0 Å². The first-order valence-corrected chi connectivity index (χ1v) is 6.84. The standard InChI is InChI=1S/C15H26N2O/c1-4-17(11-12-18-5-2)13-15(16-3)14-9-7-6-8-10-14/h6-10,15-16H,4-5,11-13H2,1-3H3. The molecular formula is C15H26N2O. The van der Waals surface area contributed by atoms with Gasteiger partial charge in [0.2, 0.25) is 0 Å². The van der Waals surface area contributed by atoms with Crippen molar-refractivity contribution in [2.45, 2.75) is 19.9 Å². The Kier molecular flexibility index (Phi) is 7.65. The molecule has 1 rings (SSSR count). The van der Waals surface area contributed by atoms with Crippen LogP contribution in [-0.2, 0) is 4.74 Å². The van der Waals surface area contributed by atoms with E-state index < -0.39 is 0 Å². The Morgan fingerprint density at radius 1 is 1.22 bits per heavy atom. The van der Waals surface area contributed by atoms with Gasteiger partial charge in [-0.25, -0.2) is 0 Å². The average molecular weight is 250 g/mol. The van der Waals surface area contributed by atoms with Crippen molar-refractivity contribution in [3.63, 3.8) is 0 Å². The number of rotatable bonds is 9. The molecule has 0 saturated heterocycles. The third-order valence-corrected chi connectivity index (χ3v) is 3.19. The lowest BCUT2D eigenvalue weighted by Gasteiger charge is -2.26. The van der Waals surface area contributed by atoms with Crippen LogP contribution >= 0.6 is 0 Å². The molecule has 0 aliphatic heterocycles. The highest BCUT2D eigenvalue weighted by molar-refractivity contribution is 5.19. The van der Waals surface area contributed by atoms with Gasteiger partial charge in [0, 0.05) is 25.7 Å². The highest BCUT2D eigenvalue weighted by atomic mass is 16.5. The second-order valence-electron chi connectivity index (χ2n) is 4.34. The lowest BCUT2D eigenvalue weighted by Crippen LogP contribution is -2.35. The van der Waals surface area contributed by atoms with Crippen molar-refractivity contribution >= 4 is 0 Å². The van der Waals surface area contributed by atoms with Crippen LogP contribution in [0, 0.1) is 0 Å². The quantitative estimate of drug-likeness (QED) is 0.681. The first kappa shape index (κ1) is 15.2. The van der Waals surface area contributed by atoms with Crippen molar-refractivity contribution in [3.8, 4) is 0 Å². The van der Waals surface area contributed by atoms with Gasteiger partial charge in [0.25, 0.3) is 0 Å². The summed E-state index contributed by atoms with van der Waals surface area (Å²) in [5, 5.41) is 3.39. The molecule has 0 bridgehead atoms.